The van der Waals surface area contributed by atoms with Crippen molar-refractivity contribution >= 4 is 17.3 Å². The van der Waals surface area contributed by atoms with Crippen molar-refractivity contribution in [1.82, 2.24) is 10.6 Å². The van der Waals surface area contributed by atoms with Crippen LogP contribution in [0.5, 0.6) is 0 Å². The highest BCUT2D eigenvalue weighted by atomic mass is 32.1. The van der Waals surface area contributed by atoms with Gasteiger partial charge in [0.2, 0.25) is 0 Å². The molecule has 0 radical (unpaired) electrons. The smallest absolute Gasteiger partial charge is 0.166 e. The van der Waals surface area contributed by atoms with Gasteiger partial charge in [-0.05, 0) is 43.3 Å². The van der Waals surface area contributed by atoms with Crippen LogP contribution in [0.1, 0.15) is 46.0 Å². The maximum Gasteiger partial charge on any atom is 0.166 e. The summed E-state index contributed by atoms with van der Waals surface area (Å²) in [6, 6.07) is 1.26. The van der Waals surface area contributed by atoms with Gasteiger partial charge < -0.3 is 10.6 Å². The lowest BCUT2D eigenvalue weighted by Crippen LogP contribution is -2.48. The number of rotatable bonds is 2. The van der Waals surface area contributed by atoms with Gasteiger partial charge >= 0.3 is 0 Å². The van der Waals surface area contributed by atoms with Crippen molar-refractivity contribution in [2.75, 3.05) is 0 Å². The third kappa shape index (κ3) is 3.07. The monoisotopic (exact) mass is 226 g/mol. The van der Waals surface area contributed by atoms with Gasteiger partial charge in [0.05, 0.1) is 0 Å². The van der Waals surface area contributed by atoms with E-state index in [-0.39, 0.29) is 0 Å². The molecule has 3 heteroatoms. The largest absolute Gasteiger partial charge is 0.360 e. The molecule has 0 bridgehead atoms. The predicted octanol–water partition coefficient (Wildman–Crippen LogP) is 2.44. The average Bonchev–Trinajstić information content (AvgIpc) is 2.97. The molecule has 2 N–H and O–H groups in total. The fourth-order valence-electron chi connectivity index (χ4n) is 2.41. The van der Waals surface area contributed by atoms with Crippen LogP contribution < -0.4 is 10.6 Å². The molecule has 0 unspecified atom stereocenters. The highest BCUT2D eigenvalue weighted by Gasteiger charge is 2.28. The van der Waals surface area contributed by atoms with E-state index in [9.17, 15) is 0 Å². The van der Waals surface area contributed by atoms with Crippen LogP contribution in [0.3, 0.4) is 0 Å². The number of nitrogens with one attached hydrogen (secondary N) is 2. The SMILES string of the molecule is C[C@H]1[C@H](C)CCC[C@H]1NC(=S)NC1CC1. The number of thiocarbonyl (C=S) groups is 1. The van der Waals surface area contributed by atoms with Crippen LogP contribution in [-0.2, 0) is 0 Å². The summed E-state index contributed by atoms with van der Waals surface area (Å²) in [7, 11) is 0. The van der Waals surface area contributed by atoms with E-state index in [0.717, 1.165) is 16.9 Å². The summed E-state index contributed by atoms with van der Waals surface area (Å²) < 4.78 is 0. The molecule has 0 aliphatic heterocycles. The summed E-state index contributed by atoms with van der Waals surface area (Å²) in [6.45, 7) is 4.71. The molecule has 0 spiro atoms. The lowest BCUT2D eigenvalue weighted by Gasteiger charge is -2.35. The van der Waals surface area contributed by atoms with Crippen LogP contribution in [0.15, 0.2) is 0 Å². The zero-order chi connectivity index (χ0) is 10.8. The van der Waals surface area contributed by atoms with Gasteiger partial charge in [0, 0.05) is 12.1 Å². The molecule has 15 heavy (non-hydrogen) atoms. The Morgan fingerprint density at radius 3 is 2.47 bits per heavy atom. The fourth-order valence-corrected chi connectivity index (χ4v) is 2.73. The Hall–Kier alpha value is -0.310. The van der Waals surface area contributed by atoms with Crippen molar-refractivity contribution in [3.63, 3.8) is 0 Å². The molecule has 2 saturated carbocycles. The van der Waals surface area contributed by atoms with Crippen LogP contribution >= 0.6 is 12.2 Å². The van der Waals surface area contributed by atoms with Crippen molar-refractivity contribution in [2.24, 2.45) is 11.8 Å². The normalized spacial score (nSPS) is 36.0. The Morgan fingerprint density at radius 2 is 1.80 bits per heavy atom. The van der Waals surface area contributed by atoms with Crippen molar-refractivity contribution < 1.29 is 0 Å². The van der Waals surface area contributed by atoms with Crippen LogP contribution in [0, 0.1) is 11.8 Å². The van der Waals surface area contributed by atoms with Gasteiger partial charge in [0.1, 0.15) is 0 Å². The van der Waals surface area contributed by atoms with Crippen LogP contribution in [0.2, 0.25) is 0 Å². The zero-order valence-electron chi connectivity index (χ0n) is 9.75. The van der Waals surface area contributed by atoms with Crippen molar-refractivity contribution in [1.29, 1.82) is 0 Å². The Balaban J connectivity index is 1.78. The minimum absolute atomic E-state index is 0.590. The molecule has 3 atom stereocenters. The fraction of sp³-hybridized carbons (Fsp3) is 0.917. The molecular weight excluding hydrogens is 204 g/mol. The van der Waals surface area contributed by atoms with E-state index in [1.165, 1.54) is 32.1 Å². The second-order valence-corrected chi connectivity index (χ2v) is 5.67. The number of hydrogen-bond acceptors (Lipinski definition) is 1. The van der Waals surface area contributed by atoms with Crippen LogP contribution in [-0.4, -0.2) is 17.2 Å². The first-order valence-electron chi connectivity index (χ1n) is 6.24. The number of hydrogen-bond donors (Lipinski definition) is 2. The maximum atomic E-state index is 5.32. The van der Waals surface area contributed by atoms with E-state index >= 15 is 0 Å². The van der Waals surface area contributed by atoms with Crippen molar-refractivity contribution in [3.05, 3.63) is 0 Å². The first kappa shape index (κ1) is 11.2. The predicted molar refractivity (Wildman–Crippen MR) is 67.9 cm³/mol. The van der Waals surface area contributed by atoms with Crippen molar-refractivity contribution in [3.8, 4) is 0 Å². The highest BCUT2D eigenvalue weighted by Crippen LogP contribution is 2.29. The van der Waals surface area contributed by atoms with E-state index in [0.29, 0.717) is 12.1 Å². The third-order valence-electron chi connectivity index (χ3n) is 3.94. The molecule has 2 aliphatic rings. The summed E-state index contributed by atoms with van der Waals surface area (Å²) in [5.41, 5.74) is 0. The van der Waals surface area contributed by atoms with Crippen LogP contribution in [0.4, 0.5) is 0 Å². The summed E-state index contributed by atoms with van der Waals surface area (Å²) in [4.78, 5) is 0. The Labute approximate surface area is 98.2 Å². The lowest BCUT2D eigenvalue weighted by molar-refractivity contribution is 0.224. The first-order valence-corrected chi connectivity index (χ1v) is 6.64. The molecule has 2 nitrogen and oxygen atoms in total. The van der Waals surface area contributed by atoms with E-state index in [1.54, 1.807) is 0 Å². The Kier molecular flexibility index (Phi) is 3.49. The third-order valence-corrected chi connectivity index (χ3v) is 4.17. The summed E-state index contributed by atoms with van der Waals surface area (Å²) >= 11 is 5.32. The molecule has 0 heterocycles. The molecule has 86 valence electrons. The van der Waals surface area contributed by atoms with E-state index in [1.807, 2.05) is 0 Å². The molecule has 0 amide bonds. The standard InChI is InChI=1S/C12H22N2S/c1-8-4-3-5-11(9(8)2)14-12(15)13-10-6-7-10/h8-11H,3-7H2,1-2H3,(H2,13,14,15)/t8-,9+,11-/m1/s1. The minimum Gasteiger partial charge on any atom is -0.360 e. The average molecular weight is 226 g/mol. The highest BCUT2D eigenvalue weighted by molar-refractivity contribution is 7.80. The Morgan fingerprint density at radius 1 is 1.07 bits per heavy atom. The molecule has 0 saturated heterocycles. The summed E-state index contributed by atoms with van der Waals surface area (Å²) in [6.07, 6.45) is 6.58. The van der Waals surface area contributed by atoms with E-state index in [2.05, 4.69) is 24.5 Å². The molecule has 2 aliphatic carbocycles. The van der Waals surface area contributed by atoms with Crippen molar-refractivity contribution in [2.45, 2.75) is 58.0 Å². The molecule has 0 aromatic rings. The van der Waals surface area contributed by atoms with Gasteiger partial charge in [0.25, 0.3) is 0 Å². The minimum atomic E-state index is 0.590. The molecular formula is C12H22N2S. The quantitative estimate of drug-likeness (QED) is 0.707. The van der Waals surface area contributed by atoms with E-state index < -0.39 is 0 Å². The topological polar surface area (TPSA) is 24.1 Å². The second-order valence-electron chi connectivity index (χ2n) is 5.27. The molecule has 0 aromatic heterocycles. The first-order chi connectivity index (χ1) is 7.16. The second kappa shape index (κ2) is 4.69. The molecule has 2 rings (SSSR count). The van der Waals surface area contributed by atoms with Gasteiger partial charge in [0.15, 0.2) is 5.11 Å². The van der Waals surface area contributed by atoms with E-state index in [4.69, 9.17) is 12.2 Å². The maximum absolute atomic E-state index is 5.32. The summed E-state index contributed by atoms with van der Waals surface area (Å²) in [5.74, 6) is 1.58. The van der Waals surface area contributed by atoms with Gasteiger partial charge in [-0.2, -0.15) is 0 Å². The zero-order valence-corrected chi connectivity index (χ0v) is 10.6. The molecule has 2 fully saturated rings. The van der Waals surface area contributed by atoms with Crippen LogP contribution in [0.25, 0.3) is 0 Å². The lowest BCUT2D eigenvalue weighted by atomic mass is 9.78. The van der Waals surface area contributed by atoms with Gasteiger partial charge in [-0.15, -0.1) is 0 Å². The van der Waals surface area contributed by atoms with Gasteiger partial charge in [-0.25, -0.2) is 0 Å². The summed E-state index contributed by atoms with van der Waals surface area (Å²) in [5, 5.41) is 7.73. The molecule has 0 aromatic carbocycles. The van der Waals surface area contributed by atoms with Gasteiger partial charge in [-0.3, -0.25) is 0 Å². The van der Waals surface area contributed by atoms with Gasteiger partial charge in [-0.1, -0.05) is 26.7 Å². The Bertz CT molecular complexity index is 238.